The van der Waals surface area contributed by atoms with E-state index < -0.39 is 34.6 Å². The van der Waals surface area contributed by atoms with Crippen LogP contribution in [0.15, 0.2) is 12.7 Å². The quantitative estimate of drug-likeness (QED) is 0.150. The lowest BCUT2D eigenvalue weighted by atomic mass is 10.0. The molecule has 37 heavy (non-hydrogen) atoms. The van der Waals surface area contributed by atoms with Gasteiger partial charge < -0.3 is 26.2 Å². The number of hydrogen-bond donors (Lipinski definition) is 6. The van der Waals surface area contributed by atoms with Crippen LogP contribution in [0.2, 0.25) is 0 Å². The molecule has 17 heteroatoms. The van der Waals surface area contributed by atoms with Gasteiger partial charge in [0.25, 0.3) is 0 Å². The van der Waals surface area contributed by atoms with Crippen molar-refractivity contribution < 1.29 is 27.9 Å². The maximum absolute atomic E-state index is 12.3. The molecule has 3 aliphatic rings. The van der Waals surface area contributed by atoms with Crippen LogP contribution in [0.3, 0.4) is 0 Å². The number of ether oxygens (including phenoxy) is 1. The second-order valence-electron chi connectivity index (χ2n) is 9.28. The normalized spacial score (nSPS) is 29.3. The topological polar surface area (TPSA) is 215 Å². The van der Waals surface area contributed by atoms with Crippen LogP contribution in [0, 0.1) is 0 Å². The third-order valence-electron chi connectivity index (χ3n) is 6.66. The van der Waals surface area contributed by atoms with Crippen molar-refractivity contribution in [1.29, 1.82) is 0 Å². The Bertz CT molecular complexity index is 1270. The zero-order chi connectivity index (χ0) is 26.2. The number of fused-ring (bicyclic) bond motifs is 2. The van der Waals surface area contributed by atoms with E-state index in [1.165, 1.54) is 17.2 Å². The second kappa shape index (κ2) is 10.6. The number of nitrogens with zero attached hydrogens (tertiary/aromatic N) is 4. The van der Waals surface area contributed by atoms with Crippen LogP contribution in [-0.4, -0.2) is 86.8 Å². The van der Waals surface area contributed by atoms with Crippen LogP contribution in [0.4, 0.5) is 10.6 Å². The van der Waals surface area contributed by atoms with E-state index in [0.29, 0.717) is 17.6 Å². The van der Waals surface area contributed by atoms with E-state index in [2.05, 4.69) is 30.3 Å². The van der Waals surface area contributed by atoms with Gasteiger partial charge in [-0.2, -0.15) is 24.9 Å². The van der Waals surface area contributed by atoms with E-state index in [0.717, 1.165) is 18.6 Å². The number of aliphatic hydroxyl groups excluding tert-OH is 1. The highest BCUT2D eigenvalue weighted by molar-refractivity contribution is 8.00. The van der Waals surface area contributed by atoms with Gasteiger partial charge in [-0.25, -0.2) is 24.5 Å². The molecule has 2 aromatic rings. The number of unbranched alkanes of at least 4 members (excludes halogenated alkanes) is 1. The maximum atomic E-state index is 12.3. The van der Waals surface area contributed by atoms with Crippen LogP contribution >= 0.6 is 11.8 Å². The lowest BCUT2D eigenvalue weighted by Gasteiger charge is -2.17. The van der Waals surface area contributed by atoms with Gasteiger partial charge in [0.1, 0.15) is 17.9 Å². The summed E-state index contributed by atoms with van der Waals surface area (Å²) in [7, 11) is -4.10. The number of anilines is 1. The molecular weight excluding hydrogens is 526 g/mol. The molecule has 5 rings (SSSR count). The Kier molecular flexibility index (Phi) is 7.39. The van der Waals surface area contributed by atoms with Crippen LogP contribution < -0.4 is 25.8 Å². The first-order valence-corrected chi connectivity index (χ1v) is 14.5. The average molecular weight is 556 g/mol. The van der Waals surface area contributed by atoms with Crippen LogP contribution in [0.1, 0.15) is 38.3 Å². The summed E-state index contributed by atoms with van der Waals surface area (Å²) >= 11 is 1.79. The third-order valence-corrected chi connectivity index (χ3v) is 9.21. The van der Waals surface area contributed by atoms with E-state index in [1.807, 2.05) is 4.72 Å². The van der Waals surface area contributed by atoms with Gasteiger partial charge in [-0.15, -0.1) is 0 Å². The molecule has 0 radical (unpaired) electrons. The number of imidazole rings is 1. The number of amides is 3. The van der Waals surface area contributed by atoms with E-state index in [1.54, 1.807) is 11.8 Å². The predicted molar refractivity (Wildman–Crippen MR) is 133 cm³/mol. The number of aromatic nitrogens is 4. The van der Waals surface area contributed by atoms with E-state index in [9.17, 15) is 23.1 Å². The summed E-state index contributed by atoms with van der Waals surface area (Å²) in [4.78, 5) is 35.8. The first-order chi connectivity index (χ1) is 17.7. The van der Waals surface area contributed by atoms with Gasteiger partial charge >= 0.3 is 16.2 Å². The van der Waals surface area contributed by atoms with Crippen molar-refractivity contribution in [3.8, 4) is 0 Å². The number of nitrogens with one attached hydrogen (secondary N) is 4. The molecule has 0 spiro atoms. The maximum Gasteiger partial charge on any atom is 0.315 e. The summed E-state index contributed by atoms with van der Waals surface area (Å²) in [5.74, 6) is 0.456. The molecule has 3 saturated heterocycles. The molecule has 15 nitrogen and oxygen atoms in total. The third kappa shape index (κ3) is 5.74. The van der Waals surface area contributed by atoms with Crippen LogP contribution in [0.5, 0.6) is 0 Å². The molecule has 202 valence electrons. The first-order valence-electron chi connectivity index (χ1n) is 12.0. The monoisotopic (exact) mass is 555 g/mol. The Balaban J connectivity index is 1.04. The van der Waals surface area contributed by atoms with E-state index >= 15 is 0 Å². The lowest BCUT2D eigenvalue weighted by Crippen LogP contribution is -2.43. The van der Waals surface area contributed by atoms with Crippen molar-refractivity contribution in [2.75, 3.05) is 18.0 Å². The molecule has 5 heterocycles. The van der Waals surface area contributed by atoms with Crippen molar-refractivity contribution in [3.63, 3.8) is 0 Å². The minimum absolute atomic E-state index is 0.0659. The van der Waals surface area contributed by atoms with Gasteiger partial charge in [-0.1, -0.05) is 6.42 Å². The highest BCUT2D eigenvalue weighted by Crippen LogP contribution is 2.33. The molecule has 6 atom stereocenters. The van der Waals surface area contributed by atoms with Crippen molar-refractivity contribution in [2.45, 2.75) is 67.9 Å². The molecule has 3 amide bonds. The molecule has 0 bridgehead atoms. The summed E-state index contributed by atoms with van der Waals surface area (Å²) in [6.45, 7) is -0.138. The molecule has 0 aliphatic carbocycles. The van der Waals surface area contributed by atoms with Crippen LogP contribution in [-0.2, 0) is 19.7 Å². The Labute approximate surface area is 216 Å². The minimum Gasteiger partial charge on any atom is -0.388 e. The SMILES string of the molecule is Nc1ncnc2c1ncn2[C@@H]1O[C@H](CNS(=O)(=O)NC(=O)CCCC[C@@H]2SC[C@@H]3NC(=O)N[C@@H]32)C[C@H]1O. The molecule has 7 N–H and O–H groups in total. The average Bonchev–Trinajstić information content (AvgIpc) is 3.59. The lowest BCUT2D eigenvalue weighted by molar-refractivity contribution is -0.119. The molecule has 0 saturated carbocycles. The molecular formula is C20H29N9O6S2. The largest absolute Gasteiger partial charge is 0.388 e. The van der Waals surface area contributed by atoms with Crippen molar-refractivity contribution in [3.05, 3.63) is 12.7 Å². The van der Waals surface area contributed by atoms with Crippen molar-refractivity contribution >= 4 is 50.9 Å². The number of hydrogen-bond acceptors (Lipinski definition) is 11. The molecule has 3 aliphatic heterocycles. The molecule has 0 unspecified atom stereocenters. The fraction of sp³-hybridized carbons (Fsp3) is 0.650. The highest BCUT2D eigenvalue weighted by Gasteiger charge is 2.42. The Morgan fingerprint density at radius 1 is 1.30 bits per heavy atom. The summed E-state index contributed by atoms with van der Waals surface area (Å²) in [6, 6.07) is 0.112. The van der Waals surface area contributed by atoms with Gasteiger partial charge in [0.05, 0.1) is 24.5 Å². The Hall–Kier alpha value is -2.73. The zero-order valence-electron chi connectivity index (χ0n) is 19.7. The first kappa shape index (κ1) is 25.9. The summed E-state index contributed by atoms with van der Waals surface area (Å²) in [6.07, 6.45) is 2.65. The van der Waals surface area contributed by atoms with Gasteiger partial charge in [0, 0.05) is 30.4 Å². The van der Waals surface area contributed by atoms with Crippen LogP contribution in [0.25, 0.3) is 11.2 Å². The number of nitrogen functional groups attached to an aromatic ring is 1. The van der Waals surface area contributed by atoms with Gasteiger partial charge in [-0.05, 0) is 12.8 Å². The van der Waals surface area contributed by atoms with E-state index in [-0.39, 0.29) is 48.6 Å². The number of nitrogens with two attached hydrogens (primary N) is 1. The summed E-state index contributed by atoms with van der Waals surface area (Å²) in [5, 5.41) is 16.6. The smallest absolute Gasteiger partial charge is 0.315 e. The second-order valence-corrected chi connectivity index (χ2v) is 12.1. The number of urea groups is 1. The van der Waals surface area contributed by atoms with Gasteiger partial charge in [-0.3, -0.25) is 9.36 Å². The number of carbonyl (C=O) groups excluding carboxylic acids is 2. The van der Waals surface area contributed by atoms with Gasteiger partial charge in [0.2, 0.25) is 5.91 Å². The fourth-order valence-corrected chi connectivity index (χ4v) is 7.30. The standard InChI is InChI=1S/C20H29N9O6S2/c21-17-16-18(23-8-22-17)29(9-24-16)19-12(30)5-10(35-19)6-25-37(33,34)28-14(31)4-2-1-3-13-15-11(7-36-13)26-20(32)27-15/h8-13,15,19,25,30H,1-7H2,(H,28,31)(H2,21,22,23)(H2,26,27,32)/t10-,11-,12+,13-,15-,19+/m0/s1. The summed E-state index contributed by atoms with van der Waals surface area (Å²) < 4.78 is 36.4. The summed E-state index contributed by atoms with van der Waals surface area (Å²) in [5.41, 5.74) is 6.56. The van der Waals surface area contributed by atoms with Crippen molar-refractivity contribution in [2.24, 2.45) is 0 Å². The number of thioether (sulfide) groups is 1. The Morgan fingerprint density at radius 2 is 2.14 bits per heavy atom. The predicted octanol–water partition coefficient (Wildman–Crippen LogP) is -1.27. The molecule has 2 aromatic heterocycles. The van der Waals surface area contributed by atoms with Gasteiger partial charge in [0.15, 0.2) is 17.7 Å². The molecule has 3 fully saturated rings. The zero-order valence-corrected chi connectivity index (χ0v) is 21.4. The minimum atomic E-state index is -4.10. The number of aliphatic hydroxyl groups is 1. The number of carbonyl (C=O) groups is 2. The Morgan fingerprint density at radius 3 is 2.97 bits per heavy atom. The van der Waals surface area contributed by atoms with Crippen molar-refractivity contribution in [1.82, 2.24) is 39.6 Å². The fourth-order valence-electron chi connectivity index (χ4n) is 4.88. The van der Waals surface area contributed by atoms with E-state index in [4.69, 9.17) is 10.5 Å². The molecule has 0 aromatic carbocycles. The number of rotatable bonds is 10. The highest BCUT2D eigenvalue weighted by atomic mass is 32.2.